The average Bonchev–Trinajstić information content (AvgIpc) is 2.76. The number of benzene rings is 2. The minimum absolute atomic E-state index is 0.0205. The standard InChI is InChI=1S/C22H21N5O5/c1-14(28)23-15-3-5-16(6-4-15)24-20(29)13-27-21(30)12-11-19(26-27)22(31)25-17-7-9-18(32-2)10-8-17/h3-12H,13H2,1-2H3,(H,23,28)(H,24,29)(H,25,31). The minimum Gasteiger partial charge on any atom is -0.497 e. The molecule has 164 valence electrons. The fourth-order valence-electron chi connectivity index (χ4n) is 2.73. The van der Waals surface area contributed by atoms with Gasteiger partial charge in [0.25, 0.3) is 11.5 Å². The number of nitrogens with zero attached hydrogens (tertiary/aromatic N) is 2. The van der Waals surface area contributed by atoms with E-state index in [2.05, 4.69) is 21.0 Å². The average molecular weight is 435 g/mol. The highest BCUT2D eigenvalue weighted by molar-refractivity contribution is 6.02. The van der Waals surface area contributed by atoms with Gasteiger partial charge in [-0.05, 0) is 54.6 Å². The van der Waals surface area contributed by atoms with Crippen molar-refractivity contribution in [3.05, 3.63) is 76.7 Å². The van der Waals surface area contributed by atoms with Crippen LogP contribution in [0, 0.1) is 0 Å². The minimum atomic E-state index is -0.530. The summed E-state index contributed by atoms with van der Waals surface area (Å²) in [5.74, 6) is -0.592. The SMILES string of the molecule is COc1ccc(NC(=O)c2ccc(=O)n(CC(=O)Nc3ccc(NC(C)=O)cc3)n2)cc1. The van der Waals surface area contributed by atoms with Gasteiger partial charge in [0.15, 0.2) is 0 Å². The van der Waals surface area contributed by atoms with E-state index in [0.29, 0.717) is 22.8 Å². The van der Waals surface area contributed by atoms with Crippen LogP contribution in [0.15, 0.2) is 65.5 Å². The Balaban J connectivity index is 1.65. The van der Waals surface area contributed by atoms with E-state index in [4.69, 9.17) is 4.74 Å². The fourth-order valence-corrected chi connectivity index (χ4v) is 2.73. The van der Waals surface area contributed by atoms with Gasteiger partial charge in [0.05, 0.1) is 7.11 Å². The van der Waals surface area contributed by atoms with Crippen molar-refractivity contribution in [3.8, 4) is 5.75 Å². The summed E-state index contributed by atoms with van der Waals surface area (Å²) in [4.78, 5) is 48.0. The number of aromatic nitrogens is 2. The van der Waals surface area contributed by atoms with E-state index in [1.54, 1.807) is 48.5 Å². The highest BCUT2D eigenvalue weighted by atomic mass is 16.5. The van der Waals surface area contributed by atoms with Gasteiger partial charge in [-0.15, -0.1) is 0 Å². The summed E-state index contributed by atoms with van der Waals surface area (Å²) < 4.78 is 5.98. The highest BCUT2D eigenvalue weighted by Crippen LogP contribution is 2.16. The van der Waals surface area contributed by atoms with Crippen LogP contribution in [0.5, 0.6) is 5.75 Å². The van der Waals surface area contributed by atoms with E-state index in [-0.39, 0.29) is 18.1 Å². The molecule has 3 N–H and O–H groups in total. The zero-order chi connectivity index (χ0) is 23.1. The third kappa shape index (κ3) is 6.02. The molecule has 10 nitrogen and oxygen atoms in total. The van der Waals surface area contributed by atoms with E-state index in [1.807, 2.05) is 0 Å². The molecule has 1 heterocycles. The Morgan fingerprint density at radius 1 is 0.844 bits per heavy atom. The Morgan fingerprint density at radius 3 is 2.00 bits per heavy atom. The molecule has 0 radical (unpaired) electrons. The van der Waals surface area contributed by atoms with E-state index >= 15 is 0 Å². The highest BCUT2D eigenvalue weighted by Gasteiger charge is 2.12. The summed E-state index contributed by atoms with van der Waals surface area (Å²) in [6.45, 7) is 1.02. The molecule has 0 spiro atoms. The third-order valence-electron chi connectivity index (χ3n) is 4.23. The summed E-state index contributed by atoms with van der Waals surface area (Å²) in [7, 11) is 1.54. The van der Waals surface area contributed by atoms with Crippen LogP contribution in [0.4, 0.5) is 17.1 Å². The number of carbonyl (C=O) groups excluding carboxylic acids is 3. The van der Waals surface area contributed by atoms with E-state index in [1.165, 1.54) is 26.2 Å². The van der Waals surface area contributed by atoms with E-state index < -0.39 is 17.4 Å². The Morgan fingerprint density at radius 2 is 1.41 bits per heavy atom. The second-order valence-electron chi connectivity index (χ2n) is 6.70. The Labute approximate surface area is 183 Å². The Kier molecular flexibility index (Phi) is 6.96. The molecule has 0 aliphatic rings. The molecule has 2 aromatic carbocycles. The zero-order valence-electron chi connectivity index (χ0n) is 17.4. The number of rotatable bonds is 7. The summed E-state index contributed by atoms with van der Waals surface area (Å²) >= 11 is 0. The first-order valence-electron chi connectivity index (χ1n) is 9.55. The van der Waals surface area contributed by atoms with Gasteiger partial charge in [-0.1, -0.05) is 0 Å². The predicted octanol–water partition coefficient (Wildman–Crippen LogP) is 2.10. The number of ether oxygens (including phenoxy) is 1. The van der Waals surface area contributed by atoms with Gasteiger partial charge >= 0.3 is 0 Å². The van der Waals surface area contributed by atoms with Gasteiger partial charge in [-0.3, -0.25) is 19.2 Å². The van der Waals surface area contributed by atoms with Crippen molar-refractivity contribution in [2.75, 3.05) is 23.1 Å². The molecule has 10 heteroatoms. The topological polar surface area (TPSA) is 131 Å². The van der Waals surface area contributed by atoms with E-state index in [0.717, 1.165) is 4.68 Å². The Hall–Kier alpha value is -4.47. The van der Waals surface area contributed by atoms with Crippen LogP contribution >= 0.6 is 0 Å². The van der Waals surface area contributed by atoms with Crippen LogP contribution in [0.3, 0.4) is 0 Å². The zero-order valence-corrected chi connectivity index (χ0v) is 17.4. The summed E-state index contributed by atoms with van der Waals surface area (Å²) in [6.07, 6.45) is 0. The summed E-state index contributed by atoms with van der Waals surface area (Å²) in [5, 5.41) is 11.9. The van der Waals surface area contributed by atoms with Gasteiger partial charge in [0.2, 0.25) is 11.8 Å². The van der Waals surface area contributed by atoms with Gasteiger partial charge in [0, 0.05) is 30.1 Å². The van der Waals surface area contributed by atoms with Gasteiger partial charge in [0.1, 0.15) is 18.0 Å². The van der Waals surface area contributed by atoms with Crippen LogP contribution < -0.4 is 26.2 Å². The molecule has 0 fully saturated rings. The third-order valence-corrected chi connectivity index (χ3v) is 4.23. The van der Waals surface area contributed by atoms with Crippen molar-refractivity contribution in [2.45, 2.75) is 13.5 Å². The quantitative estimate of drug-likeness (QED) is 0.521. The number of hydrogen-bond donors (Lipinski definition) is 3. The molecule has 3 aromatic rings. The first kappa shape index (κ1) is 22.2. The lowest BCUT2D eigenvalue weighted by Gasteiger charge is -2.09. The number of carbonyl (C=O) groups is 3. The number of methoxy groups -OCH3 is 1. The lowest BCUT2D eigenvalue weighted by molar-refractivity contribution is -0.117. The van der Waals surface area contributed by atoms with E-state index in [9.17, 15) is 19.2 Å². The number of amides is 3. The molecule has 3 amide bonds. The molecule has 0 atom stereocenters. The first-order valence-corrected chi connectivity index (χ1v) is 9.55. The van der Waals surface area contributed by atoms with Crippen molar-refractivity contribution < 1.29 is 19.1 Å². The summed E-state index contributed by atoms with van der Waals surface area (Å²) in [6, 6.07) is 15.7. The molecule has 0 unspecified atom stereocenters. The van der Waals surface area contributed by atoms with Crippen LogP contribution in [0.25, 0.3) is 0 Å². The fraction of sp³-hybridized carbons (Fsp3) is 0.136. The number of hydrogen-bond acceptors (Lipinski definition) is 6. The Bertz CT molecular complexity index is 1190. The molecule has 0 aliphatic heterocycles. The van der Waals surface area contributed by atoms with Gasteiger partial charge in [-0.2, -0.15) is 5.10 Å². The second kappa shape index (κ2) is 10.0. The van der Waals surface area contributed by atoms with Gasteiger partial charge in [-0.25, -0.2) is 4.68 Å². The van der Waals surface area contributed by atoms with Crippen molar-refractivity contribution >= 4 is 34.8 Å². The maximum absolute atomic E-state index is 12.5. The van der Waals surface area contributed by atoms with Crippen LogP contribution in [-0.4, -0.2) is 34.6 Å². The predicted molar refractivity (Wildman–Crippen MR) is 119 cm³/mol. The molecular formula is C22H21N5O5. The molecule has 0 saturated heterocycles. The maximum Gasteiger partial charge on any atom is 0.276 e. The monoisotopic (exact) mass is 435 g/mol. The summed E-state index contributed by atoms with van der Waals surface area (Å²) in [5.41, 5.74) is 1.04. The van der Waals surface area contributed by atoms with Crippen molar-refractivity contribution in [1.82, 2.24) is 9.78 Å². The van der Waals surface area contributed by atoms with Crippen molar-refractivity contribution in [1.29, 1.82) is 0 Å². The molecule has 0 saturated carbocycles. The van der Waals surface area contributed by atoms with Crippen LogP contribution in [0.1, 0.15) is 17.4 Å². The normalized spacial score (nSPS) is 10.2. The lowest BCUT2D eigenvalue weighted by Crippen LogP contribution is -2.31. The smallest absolute Gasteiger partial charge is 0.276 e. The first-order chi connectivity index (χ1) is 15.3. The number of anilines is 3. The molecule has 0 bridgehead atoms. The molecular weight excluding hydrogens is 414 g/mol. The molecule has 3 rings (SSSR count). The van der Waals surface area contributed by atoms with Crippen LogP contribution in [0.2, 0.25) is 0 Å². The van der Waals surface area contributed by atoms with Gasteiger partial charge < -0.3 is 20.7 Å². The van der Waals surface area contributed by atoms with Crippen molar-refractivity contribution in [3.63, 3.8) is 0 Å². The molecule has 0 aliphatic carbocycles. The molecule has 32 heavy (non-hydrogen) atoms. The second-order valence-corrected chi connectivity index (χ2v) is 6.70. The molecule has 1 aromatic heterocycles. The maximum atomic E-state index is 12.5. The number of nitrogens with one attached hydrogen (secondary N) is 3. The van der Waals surface area contributed by atoms with Crippen LogP contribution in [-0.2, 0) is 16.1 Å². The largest absolute Gasteiger partial charge is 0.497 e. The van der Waals surface area contributed by atoms with Crippen molar-refractivity contribution in [2.24, 2.45) is 0 Å². The lowest BCUT2D eigenvalue weighted by atomic mass is 10.2.